The molecule has 0 spiro atoms. The topological polar surface area (TPSA) is 37.3 Å². The van der Waals surface area contributed by atoms with Gasteiger partial charge in [0.2, 0.25) is 0 Å². The fourth-order valence-corrected chi connectivity index (χ4v) is 1.75. The van der Waals surface area contributed by atoms with E-state index in [-0.39, 0.29) is 5.92 Å². The Kier molecular flexibility index (Phi) is 3.12. The highest BCUT2D eigenvalue weighted by molar-refractivity contribution is 5.69. The van der Waals surface area contributed by atoms with Crippen LogP contribution in [0.25, 0.3) is 0 Å². The van der Waals surface area contributed by atoms with Gasteiger partial charge >= 0.3 is 5.97 Å². The third kappa shape index (κ3) is 2.50. The van der Waals surface area contributed by atoms with Crippen molar-refractivity contribution >= 4 is 5.97 Å². The van der Waals surface area contributed by atoms with Crippen molar-refractivity contribution in [2.45, 2.75) is 39.5 Å². The highest BCUT2D eigenvalue weighted by Gasteiger charge is 2.30. The molecule has 1 saturated carbocycles. The number of carbonyl (C=O) groups is 1. The Balaban J connectivity index is 2.30. The summed E-state index contributed by atoms with van der Waals surface area (Å²) >= 11 is 0. The van der Waals surface area contributed by atoms with Crippen LogP contribution in [-0.2, 0) is 4.79 Å². The molecule has 0 aromatic carbocycles. The molecular formula is C10H18O2. The summed E-state index contributed by atoms with van der Waals surface area (Å²) in [6.07, 6.45) is 4.28. The molecule has 2 atom stereocenters. The monoisotopic (exact) mass is 170 g/mol. The SMILES string of the molecule is CCC(CC(C)C1CC1)C(=O)O. The first-order valence-corrected chi connectivity index (χ1v) is 4.88. The van der Waals surface area contributed by atoms with E-state index in [1.807, 2.05) is 6.92 Å². The van der Waals surface area contributed by atoms with E-state index >= 15 is 0 Å². The zero-order chi connectivity index (χ0) is 9.14. The molecule has 0 heterocycles. The van der Waals surface area contributed by atoms with Gasteiger partial charge in [-0.3, -0.25) is 4.79 Å². The molecule has 0 bridgehead atoms. The van der Waals surface area contributed by atoms with E-state index in [1.165, 1.54) is 12.8 Å². The summed E-state index contributed by atoms with van der Waals surface area (Å²) in [6, 6.07) is 0. The highest BCUT2D eigenvalue weighted by Crippen LogP contribution is 2.39. The van der Waals surface area contributed by atoms with Gasteiger partial charge in [-0.1, -0.05) is 13.8 Å². The van der Waals surface area contributed by atoms with Gasteiger partial charge in [-0.15, -0.1) is 0 Å². The van der Waals surface area contributed by atoms with Crippen LogP contribution in [0.3, 0.4) is 0 Å². The summed E-state index contributed by atoms with van der Waals surface area (Å²) in [4.78, 5) is 10.7. The third-order valence-corrected chi connectivity index (χ3v) is 2.93. The lowest BCUT2D eigenvalue weighted by molar-refractivity contribution is -0.142. The molecule has 2 nitrogen and oxygen atoms in total. The third-order valence-electron chi connectivity index (χ3n) is 2.93. The Hall–Kier alpha value is -0.530. The molecule has 1 aliphatic rings. The lowest BCUT2D eigenvalue weighted by Gasteiger charge is -2.14. The van der Waals surface area contributed by atoms with Crippen LogP contribution in [-0.4, -0.2) is 11.1 Å². The molecule has 0 radical (unpaired) electrons. The molecule has 0 aromatic rings. The molecule has 1 N–H and O–H groups in total. The first kappa shape index (κ1) is 9.56. The van der Waals surface area contributed by atoms with Crippen molar-refractivity contribution in [3.8, 4) is 0 Å². The van der Waals surface area contributed by atoms with Gasteiger partial charge in [-0.2, -0.15) is 0 Å². The molecule has 0 aromatic heterocycles. The van der Waals surface area contributed by atoms with E-state index in [4.69, 9.17) is 5.11 Å². The quantitative estimate of drug-likeness (QED) is 0.688. The number of carboxylic acid groups (broad SMARTS) is 1. The van der Waals surface area contributed by atoms with E-state index in [2.05, 4.69) is 6.92 Å². The van der Waals surface area contributed by atoms with Crippen molar-refractivity contribution in [3.63, 3.8) is 0 Å². The summed E-state index contributed by atoms with van der Waals surface area (Å²) in [5.74, 6) is 0.718. The molecule has 2 unspecified atom stereocenters. The second-order valence-corrected chi connectivity index (χ2v) is 3.99. The van der Waals surface area contributed by atoms with Gasteiger partial charge in [0.05, 0.1) is 5.92 Å². The largest absolute Gasteiger partial charge is 0.481 e. The van der Waals surface area contributed by atoms with Gasteiger partial charge in [0.25, 0.3) is 0 Å². The minimum absolute atomic E-state index is 0.111. The molecule has 1 fully saturated rings. The normalized spacial score (nSPS) is 21.8. The van der Waals surface area contributed by atoms with Crippen LogP contribution in [0.2, 0.25) is 0 Å². The van der Waals surface area contributed by atoms with E-state index < -0.39 is 5.97 Å². The lowest BCUT2D eigenvalue weighted by Crippen LogP contribution is -2.16. The molecule has 0 saturated heterocycles. The predicted molar refractivity (Wildman–Crippen MR) is 47.9 cm³/mol. The standard InChI is InChI=1S/C10H18O2/c1-3-8(10(11)12)6-7(2)9-4-5-9/h7-9H,3-6H2,1-2H3,(H,11,12). The van der Waals surface area contributed by atoms with E-state index in [9.17, 15) is 4.79 Å². The summed E-state index contributed by atoms with van der Waals surface area (Å²) in [6.45, 7) is 4.14. The van der Waals surface area contributed by atoms with Crippen LogP contribution in [0.1, 0.15) is 39.5 Å². The zero-order valence-electron chi connectivity index (χ0n) is 7.92. The molecule has 0 aliphatic heterocycles. The van der Waals surface area contributed by atoms with Crippen LogP contribution < -0.4 is 0 Å². The maximum absolute atomic E-state index is 10.7. The fourth-order valence-electron chi connectivity index (χ4n) is 1.75. The Morgan fingerprint density at radius 2 is 2.17 bits per heavy atom. The first-order valence-electron chi connectivity index (χ1n) is 4.88. The zero-order valence-corrected chi connectivity index (χ0v) is 7.92. The van der Waals surface area contributed by atoms with Crippen molar-refractivity contribution < 1.29 is 9.90 Å². The van der Waals surface area contributed by atoms with E-state index in [0.717, 1.165) is 18.8 Å². The molecule has 1 rings (SSSR count). The van der Waals surface area contributed by atoms with Gasteiger partial charge in [0, 0.05) is 0 Å². The number of aliphatic carboxylic acids is 1. The Labute approximate surface area is 74.0 Å². The molecule has 1 aliphatic carbocycles. The number of hydrogen-bond acceptors (Lipinski definition) is 1. The molecule has 12 heavy (non-hydrogen) atoms. The van der Waals surface area contributed by atoms with Crippen molar-refractivity contribution in [1.29, 1.82) is 0 Å². The van der Waals surface area contributed by atoms with Gasteiger partial charge < -0.3 is 5.11 Å². The molecule has 2 heteroatoms. The fraction of sp³-hybridized carbons (Fsp3) is 0.900. The average Bonchev–Trinajstić information content (AvgIpc) is 2.80. The number of carboxylic acids is 1. The maximum Gasteiger partial charge on any atom is 0.306 e. The van der Waals surface area contributed by atoms with Crippen LogP contribution in [0.4, 0.5) is 0 Å². The smallest absolute Gasteiger partial charge is 0.306 e. The van der Waals surface area contributed by atoms with E-state index in [1.54, 1.807) is 0 Å². The second kappa shape index (κ2) is 3.92. The Morgan fingerprint density at radius 3 is 2.50 bits per heavy atom. The molecule has 70 valence electrons. The van der Waals surface area contributed by atoms with Gasteiger partial charge in [-0.05, 0) is 37.5 Å². The molecule has 0 amide bonds. The van der Waals surface area contributed by atoms with Gasteiger partial charge in [0.15, 0.2) is 0 Å². The van der Waals surface area contributed by atoms with Crippen LogP contribution in [0, 0.1) is 17.8 Å². The number of rotatable bonds is 5. The van der Waals surface area contributed by atoms with Crippen LogP contribution >= 0.6 is 0 Å². The Morgan fingerprint density at radius 1 is 1.58 bits per heavy atom. The predicted octanol–water partition coefficient (Wildman–Crippen LogP) is 2.53. The van der Waals surface area contributed by atoms with Crippen molar-refractivity contribution in [1.82, 2.24) is 0 Å². The minimum Gasteiger partial charge on any atom is -0.481 e. The first-order chi connectivity index (χ1) is 5.65. The lowest BCUT2D eigenvalue weighted by atomic mass is 9.91. The molecular weight excluding hydrogens is 152 g/mol. The summed E-state index contributed by atoms with van der Waals surface area (Å²) in [7, 11) is 0. The van der Waals surface area contributed by atoms with Crippen molar-refractivity contribution in [2.75, 3.05) is 0 Å². The summed E-state index contributed by atoms with van der Waals surface area (Å²) < 4.78 is 0. The van der Waals surface area contributed by atoms with Crippen LogP contribution in [0.15, 0.2) is 0 Å². The van der Waals surface area contributed by atoms with Crippen molar-refractivity contribution in [3.05, 3.63) is 0 Å². The Bertz CT molecular complexity index is 161. The van der Waals surface area contributed by atoms with Crippen LogP contribution in [0.5, 0.6) is 0 Å². The highest BCUT2D eigenvalue weighted by atomic mass is 16.4. The average molecular weight is 170 g/mol. The minimum atomic E-state index is -0.620. The maximum atomic E-state index is 10.7. The van der Waals surface area contributed by atoms with E-state index in [0.29, 0.717) is 5.92 Å². The summed E-state index contributed by atoms with van der Waals surface area (Å²) in [5.41, 5.74) is 0. The second-order valence-electron chi connectivity index (χ2n) is 3.99. The summed E-state index contributed by atoms with van der Waals surface area (Å²) in [5, 5.41) is 8.82. The van der Waals surface area contributed by atoms with Gasteiger partial charge in [0.1, 0.15) is 0 Å². The van der Waals surface area contributed by atoms with Gasteiger partial charge in [-0.25, -0.2) is 0 Å². The van der Waals surface area contributed by atoms with Crippen molar-refractivity contribution in [2.24, 2.45) is 17.8 Å². The number of hydrogen-bond donors (Lipinski definition) is 1.